The van der Waals surface area contributed by atoms with Gasteiger partial charge in [-0.25, -0.2) is 4.79 Å². The number of carbonyl (C=O) groups excluding carboxylic acids is 2. The van der Waals surface area contributed by atoms with Crippen molar-refractivity contribution < 1.29 is 9.59 Å². The summed E-state index contributed by atoms with van der Waals surface area (Å²) in [7, 11) is 0. The van der Waals surface area contributed by atoms with Crippen molar-refractivity contribution in [1.29, 1.82) is 0 Å². The molecule has 1 heterocycles. The van der Waals surface area contributed by atoms with E-state index in [0.717, 1.165) is 24.8 Å². The van der Waals surface area contributed by atoms with Crippen LogP contribution in [0.4, 0.5) is 4.79 Å². The molecule has 2 aromatic rings. The van der Waals surface area contributed by atoms with Gasteiger partial charge in [0.2, 0.25) is 5.91 Å². The van der Waals surface area contributed by atoms with E-state index in [1.54, 1.807) is 4.90 Å². The predicted octanol–water partition coefficient (Wildman–Crippen LogP) is 3.12. The standard InChI is InChI=1S/C23H27N3O2/c1-18-6-5-9-20(14-18)16-25-12-13-26(17-21(25)27)22(28)24-23(10-11-23)15-19-7-3-2-4-8-19/h2-9,14H,10-13,15-17H2,1H3,(H,24,28). The number of urea groups is 1. The number of rotatable bonds is 5. The molecule has 5 heteroatoms. The van der Waals surface area contributed by atoms with Crippen molar-refractivity contribution >= 4 is 11.9 Å². The summed E-state index contributed by atoms with van der Waals surface area (Å²) in [5, 5.41) is 3.19. The van der Waals surface area contributed by atoms with Gasteiger partial charge in [-0.3, -0.25) is 4.79 Å². The quantitative estimate of drug-likeness (QED) is 0.870. The second kappa shape index (κ2) is 7.66. The molecular formula is C23H27N3O2. The van der Waals surface area contributed by atoms with Crippen LogP contribution in [0.2, 0.25) is 0 Å². The lowest BCUT2D eigenvalue weighted by Crippen LogP contribution is -2.56. The Morgan fingerprint density at radius 3 is 2.46 bits per heavy atom. The van der Waals surface area contributed by atoms with E-state index in [2.05, 4.69) is 36.5 Å². The summed E-state index contributed by atoms with van der Waals surface area (Å²) in [5.41, 5.74) is 3.42. The maximum atomic E-state index is 12.7. The van der Waals surface area contributed by atoms with Gasteiger partial charge in [0.05, 0.1) is 0 Å². The van der Waals surface area contributed by atoms with E-state index in [-0.39, 0.29) is 24.0 Å². The largest absolute Gasteiger partial charge is 0.335 e. The van der Waals surface area contributed by atoms with Crippen molar-refractivity contribution in [3.05, 3.63) is 71.3 Å². The van der Waals surface area contributed by atoms with Crippen LogP contribution >= 0.6 is 0 Å². The van der Waals surface area contributed by atoms with Gasteiger partial charge in [-0.1, -0.05) is 60.2 Å². The van der Waals surface area contributed by atoms with Crippen molar-refractivity contribution in [3.63, 3.8) is 0 Å². The van der Waals surface area contributed by atoms with Crippen LogP contribution in [0, 0.1) is 6.92 Å². The molecule has 1 saturated heterocycles. The van der Waals surface area contributed by atoms with Crippen molar-refractivity contribution in [2.75, 3.05) is 19.6 Å². The second-order valence-corrected chi connectivity index (χ2v) is 8.10. The maximum Gasteiger partial charge on any atom is 0.318 e. The van der Waals surface area contributed by atoms with Gasteiger partial charge >= 0.3 is 6.03 Å². The molecule has 146 valence electrons. The molecule has 5 nitrogen and oxygen atoms in total. The van der Waals surface area contributed by atoms with Crippen LogP contribution in [0.3, 0.4) is 0 Å². The Bertz CT molecular complexity index is 861. The van der Waals surface area contributed by atoms with Gasteiger partial charge in [0.1, 0.15) is 6.54 Å². The third-order valence-electron chi connectivity index (χ3n) is 5.67. The molecule has 1 aliphatic heterocycles. The SMILES string of the molecule is Cc1cccc(CN2CCN(C(=O)NC3(Cc4ccccc4)CC3)CC2=O)c1. The summed E-state index contributed by atoms with van der Waals surface area (Å²) in [6.45, 7) is 3.96. The molecule has 3 amide bonds. The summed E-state index contributed by atoms with van der Waals surface area (Å²) in [6, 6.07) is 18.4. The third-order valence-corrected chi connectivity index (χ3v) is 5.67. The first kappa shape index (κ1) is 18.5. The van der Waals surface area contributed by atoms with Crippen LogP contribution < -0.4 is 5.32 Å². The smallest absolute Gasteiger partial charge is 0.318 e. The Kier molecular flexibility index (Phi) is 5.07. The Hall–Kier alpha value is -2.82. The number of nitrogens with one attached hydrogen (secondary N) is 1. The Morgan fingerprint density at radius 2 is 1.79 bits per heavy atom. The van der Waals surface area contributed by atoms with Gasteiger partial charge in [0.25, 0.3) is 0 Å². The number of nitrogens with zero attached hydrogens (tertiary/aromatic N) is 2. The number of hydrogen-bond donors (Lipinski definition) is 1. The molecule has 4 rings (SSSR count). The molecule has 1 N–H and O–H groups in total. The zero-order chi connectivity index (χ0) is 19.6. The molecule has 0 atom stereocenters. The van der Waals surface area contributed by atoms with Gasteiger partial charge < -0.3 is 15.1 Å². The lowest BCUT2D eigenvalue weighted by atomic mass is 10.0. The van der Waals surface area contributed by atoms with Crippen molar-refractivity contribution in [2.24, 2.45) is 0 Å². The van der Waals surface area contributed by atoms with Gasteiger partial charge in [-0.05, 0) is 37.3 Å². The van der Waals surface area contributed by atoms with Crippen LogP contribution in [0.25, 0.3) is 0 Å². The first-order valence-electron chi connectivity index (χ1n) is 9.97. The highest BCUT2D eigenvalue weighted by Crippen LogP contribution is 2.38. The van der Waals surface area contributed by atoms with Crippen LogP contribution in [-0.2, 0) is 17.8 Å². The van der Waals surface area contributed by atoms with Gasteiger partial charge in [0.15, 0.2) is 0 Å². The monoisotopic (exact) mass is 377 g/mol. The normalized spacial score (nSPS) is 18.1. The minimum atomic E-state index is -0.139. The molecular weight excluding hydrogens is 350 g/mol. The Labute approximate surface area is 166 Å². The molecule has 2 aromatic carbocycles. The third kappa shape index (κ3) is 4.35. The number of hydrogen-bond acceptors (Lipinski definition) is 2. The average Bonchev–Trinajstić information content (AvgIpc) is 3.43. The highest BCUT2D eigenvalue weighted by atomic mass is 16.2. The van der Waals surface area contributed by atoms with Gasteiger partial charge in [0, 0.05) is 25.2 Å². The van der Waals surface area contributed by atoms with E-state index in [4.69, 9.17) is 0 Å². The van der Waals surface area contributed by atoms with Gasteiger partial charge in [-0.2, -0.15) is 0 Å². The van der Waals surface area contributed by atoms with Crippen molar-refractivity contribution in [3.8, 4) is 0 Å². The summed E-state index contributed by atoms with van der Waals surface area (Å²) in [5.74, 6) is 0.0100. The molecule has 0 radical (unpaired) electrons. The van der Waals surface area contributed by atoms with Crippen molar-refractivity contribution in [2.45, 2.75) is 38.3 Å². The Morgan fingerprint density at radius 1 is 1.04 bits per heavy atom. The zero-order valence-electron chi connectivity index (χ0n) is 16.4. The molecule has 0 unspecified atom stereocenters. The number of aryl methyl sites for hydroxylation is 1. The van der Waals surface area contributed by atoms with E-state index in [1.165, 1.54) is 11.1 Å². The molecule has 0 spiro atoms. The minimum Gasteiger partial charge on any atom is -0.335 e. The molecule has 1 aliphatic carbocycles. The van der Waals surface area contributed by atoms with E-state index in [1.807, 2.05) is 35.2 Å². The predicted molar refractivity (Wildman–Crippen MR) is 109 cm³/mol. The van der Waals surface area contributed by atoms with Crippen LogP contribution in [0.15, 0.2) is 54.6 Å². The van der Waals surface area contributed by atoms with E-state index in [9.17, 15) is 9.59 Å². The maximum absolute atomic E-state index is 12.7. The number of benzene rings is 2. The van der Waals surface area contributed by atoms with E-state index >= 15 is 0 Å². The first-order chi connectivity index (χ1) is 13.5. The highest BCUT2D eigenvalue weighted by molar-refractivity contribution is 5.85. The fourth-order valence-corrected chi connectivity index (χ4v) is 3.87. The minimum absolute atomic E-state index is 0.0100. The van der Waals surface area contributed by atoms with E-state index < -0.39 is 0 Å². The van der Waals surface area contributed by atoms with Crippen molar-refractivity contribution in [1.82, 2.24) is 15.1 Å². The van der Waals surface area contributed by atoms with Crippen LogP contribution in [0.5, 0.6) is 0 Å². The van der Waals surface area contributed by atoms with Crippen LogP contribution in [0.1, 0.15) is 29.5 Å². The summed E-state index contributed by atoms with van der Waals surface area (Å²) < 4.78 is 0. The molecule has 0 aromatic heterocycles. The topological polar surface area (TPSA) is 52.6 Å². The number of piperazine rings is 1. The Balaban J connectivity index is 1.31. The number of carbonyl (C=O) groups is 2. The molecule has 2 fully saturated rings. The lowest BCUT2D eigenvalue weighted by molar-refractivity contribution is -0.135. The molecule has 2 aliphatic rings. The fraction of sp³-hybridized carbons (Fsp3) is 0.391. The van der Waals surface area contributed by atoms with Crippen LogP contribution in [-0.4, -0.2) is 46.9 Å². The fourth-order valence-electron chi connectivity index (χ4n) is 3.87. The second-order valence-electron chi connectivity index (χ2n) is 8.10. The average molecular weight is 377 g/mol. The summed E-state index contributed by atoms with van der Waals surface area (Å²) in [6.07, 6.45) is 2.84. The van der Waals surface area contributed by atoms with Gasteiger partial charge in [-0.15, -0.1) is 0 Å². The van der Waals surface area contributed by atoms with E-state index in [0.29, 0.717) is 19.6 Å². The molecule has 1 saturated carbocycles. The molecule has 0 bridgehead atoms. The summed E-state index contributed by atoms with van der Waals surface area (Å²) in [4.78, 5) is 28.8. The lowest BCUT2D eigenvalue weighted by Gasteiger charge is -2.35. The zero-order valence-corrected chi connectivity index (χ0v) is 16.4. The summed E-state index contributed by atoms with van der Waals surface area (Å²) >= 11 is 0. The first-order valence-corrected chi connectivity index (χ1v) is 9.97. The highest BCUT2D eigenvalue weighted by Gasteiger charge is 2.45. The molecule has 28 heavy (non-hydrogen) atoms. The number of amides is 3.